The Hall–Kier alpha value is -2.36. The molecule has 67 heavy (non-hydrogen) atoms. The molecule has 0 saturated heterocycles. The van der Waals surface area contributed by atoms with Crippen LogP contribution in [0, 0.1) is 0 Å². The molecule has 0 aromatic heterocycles. The van der Waals surface area contributed by atoms with Crippen LogP contribution in [0.25, 0.3) is 0 Å². The van der Waals surface area contributed by atoms with Gasteiger partial charge in [-0.25, -0.2) is 0 Å². The van der Waals surface area contributed by atoms with Crippen molar-refractivity contribution in [1.82, 2.24) is 0 Å². The summed E-state index contributed by atoms with van der Waals surface area (Å²) in [4.78, 5) is 82.4. The van der Waals surface area contributed by atoms with Crippen LogP contribution in [-0.2, 0) is 47.2 Å². The maximum atomic E-state index is 13.9. The van der Waals surface area contributed by atoms with Crippen molar-refractivity contribution in [2.24, 2.45) is 0 Å². The molecule has 0 saturated carbocycles. The van der Waals surface area contributed by atoms with Crippen molar-refractivity contribution in [2.75, 3.05) is 0 Å². The van der Waals surface area contributed by atoms with Gasteiger partial charge in [0, 0.05) is 0 Å². The van der Waals surface area contributed by atoms with E-state index in [1.165, 1.54) is 138 Å². The minimum absolute atomic E-state index is 0.0826. The molecule has 0 N–H and O–H groups in total. The van der Waals surface area contributed by atoms with Crippen LogP contribution in [0.15, 0.2) is 34.9 Å². The zero-order valence-corrected chi connectivity index (χ0v) is 48.3. The molecule has 14 heteroatoms. The third kappa shape index (κ3) is 29.4. The van der Waals surface area contributed by atoms with Crippen molar-refractivity contribution in [3.05, 3.63) is 34.9 Å². The Kier molecular flexibility index (Phi) is 34.0. The average molecular weight is 1160 g/mol. The number of unbranched alkanes of at least 4 members (excludes halogenated alkanes) is 30. The molecule has 382 valence electrons. The summed E-state index contributed by atoms with van der Waals surface area (Å²) in [6, 6.07) is 0. The monoisotopic (exact) mass is 1160 g/mol. The van der Waals surface area contributed by atoms with Gasteiger partial charge in [0.1, 0.15) is 0 Å². The quantitative estimate of drug-likeness (QED) is 0.0325. The summed E-state index contributed by atoms with van der Waals surface area (Å²) in [5.74, 6) is -5.11. The van der Waals surface area contributed by atoms with E-state index in [0.29, 0.717) is 32.1 Å². The minimum atomic E-state index is -5.18. The molecule has 2 unspecified atom stereocenters. The fraction of sp³-hybridized carbons (Fsp3) is 0.774. The molecule has 0 aliphatic carbocycles. The van der Waals surface area contributed by atoms with Crippen molar-refractivity contribution in [1.29, 1.82) is 0 Å². The second kappa shape index (κ2) is 37.5. The van der Waals surface area contributed by atoms with Gasteiger partial charge in [0.25, 0.3) is 0 Å². The molecule has 0 spiro atoms. The molecule has 2 aliphatic rings. The van der Waals surface area contributed by atoms with E-state index < -0.39 is 75.1 Å². The van der Waals surface area contributed by atoms with Crippen LogP contribution in [-0.4, -0.2) is 75.1 Å². The molecule has 0 aromatic rings. The number of hydrogen-bond donors (Lipinski definition) is 0. The first-order valence-electron chi connectivity index (χ1n) is 26.8. The molecule has 0 amide bonds. The fourth-order valence-electron chi connectivity index (χ4n) is 8.53. The van der Waals surface area contributed by atoms with E-state index >= 15 is 0 Å². The van der Waals surface area contributed by atoms with Crippen LogP contribution in [0.4, 0.5) is 0 Å². The number of carbonyl (C=O) groups is 6. The molecule has 0 fully saturated rings. The van der Waals surface area contributed by atoms with Crippen molar-refractivity contribution in [3.63, 3.8) is 0 Å². The number of hydrogen-bond acceptors (Lipinski definition) is 12. The van der Waals surface area contributed by atoms with Gasteiger partial charge in [-0.05, 0) is 0 Å². The van der Waals surface area contributed by atoms with Gasteiger partial charge in [0.15, 0.2) is 0 Å². The van der Waals surface area contributed by atoms with E-state index in [-0.39, 0.29) is 23.1 Å². The summed E-state index contributed by atoms with van der Waals surface area (Å²) < 4.78 is 33.8. The second-order valence-corrected chi connectivity index (χ2v) is 32.4. The van der Waals surface area contributed by atoms with Gasteiger partial charge >= 0.3 is 340 Å². The predicted octanol–water partition coefficient (Wildman–Crippen LogP) is 14.3. The van der Waals surface area contributed by atoms with Gasteiger partial charge in [-0.15, -0.1) is 0 Å². The van der Waals surface area contributed by atoms with Gasteiger partial charge in [-0.1, -0.05) is 78.6 Å². The summed E-state index contributed by atoms with van der Waals surface area (Å²) in [6.45, 7) is 6.65. The van der Waals surface area contributed by atoms with E-state index in [1.807, 2.05) is 0 Å². The Labute approximate surface area is 416 Å². The molecule has 2 heterocycles. The summed E-state index contributed by atoms with van der Waals surface area (Å²) in [5.41, 5.74) is 0.279. The van der Waals surface area contributed by atoms with Crippen molar-refractivity contribution in [3.8, 4) is 0 Å². The Bertz CT molecular complexity index is 1570. The Morgan fingerprint density at radius 3 is 1.07 bits per heavy atom. The molecular weight excluding hydrogens is 1070 g/mol. The van der Waals surface area contributed by atoms with E-state index in [9.17, 15) is 28.8 Å². The Morgan fingerprint density at radius 1 is 0.433 bits per heavy atom. The van der Waals surface area contributed by atoms with Crippen LogP contribution in [0.3, 0.4) is 0 Å². The molecule has 0 bridgehead atoms. The fourth-order valence-corrected chi connectivity index (χ4v) is 16.9. The van der Waals surface area contributed by atoms with Crippen LogP contribution in [0.5, 0.6) is 0 Å². The topological polar surface area (TPSA) is 158 Å². The number of carbonyl (C=O) groups excluding carboxylic acids is 6. The molecule has 2 atom stereocenters. The van der Waals surface area contributed by atoms with Crippen molar-refractivity contribution < 1.29 is 47.2 Å². The normalized spacial score (nSPS) is 18.8. The molecule has 12 nitrogen and oxygen atoms in total. The molecule has 0 radical (unpaired) electrons. The van der Waals surface area contributed by atoms with Gasteiger partial charge in [-0.3, -0.25) is 0 Å². The zero-order chi connectivity index (χ0) is 49.0. The molecule has 0 aromatic carbocycles. The van der Waals surface area contributed by atoms with Gasteiger partial charge < -0.3 is 0 Å². The third-order valence-corrected chi connectivity index (χ3v) is 22.2. The Morgan fingerprint density at radius 2 is 0.731 bits per heavy atom. The van der Waals surface area contributed by atoms with E-state index in [1.54, 1.807) is 0 Å². The van der Waals surface area contributed by atoms with Crippen LogP contribution >= 0.6 is 0 Å². The second-order valence-electron chi connectivity index (χ2n) is 19.0. The average Bonchev–Trinajstić information content (AvgIpc) is 3.45. The first-order chi connectivity index (χ1) is 32.3. The third-order valence-electron chi connectivity index (χ3n) is 12.5. The van der Waals surface area contributed by atoms with Gasteiger partial charge in [-0.2, -0.15) is 0 Å². The maximum absolute atomic E-state index is 13.9. The first kappa shape index (κ1) is 60.8. The summed E-state index contributed by atoms with van der Waals surface area (Å²) in [6.07, 6.45) is 41.1. The Balaban J connectivity index is 2.00. The van der Waals surface area contributed by atoms with Crippen molar-refractivity contribution in [2.45, 2.75) is 262 Å². The zero-order valence-electron chi connectivity index (χ0n) is 42.6. The van der Waals surface area contributed by atoms with E-state index in [0.717, 1.165) is 82.4 Å². The molecule has 2 rings (SSSR count). The summed E-state index contributed by atoms with van der Waals surface area (Å²) in [5, 5.41) is 0. The first-order valence-corrected chi connectivity index (χ1v) is 39.5. The van der Waals surface area contributed by atoms with Crippen LogP contribution < -0.4 is 0 Å². The van der Waals surface area contributed by atoms with Gasteiger partial charge in [0.05, 0.1) is 0 Å². The summed E-state index contributed by atoms with van der Waals surface area (Å²) in [7, 11) is 0. The SMILES string of the molecule is CCCCCCCCCCCCCC1=CC(=O)[O][Sn]([CH3])([O]C(=O)/C=C(/CCCCCCCCCCCCC)C(=O)[O][Sn]2([CH3])[O]C(=O)C=C(CCCCCCCCCCCCC)C(=O)[O]2)[O]C1=O. The standard InChI is InChI=1S/3C17H30O4.2CH3.2Sn/c3*1-2-3-4-5-6-7-8-9-10-11-12-13-15(17(20)21)14-16(18)19;;;;/h3*14H,2-13H2,1H3,(H,18,19)(H,20,21);2*1H3;;/q;;;;;2*+3/p-6/b15-14-;;;;;;. The van der Waals surface area contributed by atoms with Crippen molar-refractivity contribution >= 4 is 75.1 Å². The molecule has 2 aliphatic heterocycles. The predicted molar refractivity (Wildman–Crippen MR) is 267 cm³/mol. The van der Waals surface area contributed by atoms with Crippen LogP contribution in [0.2, 0.25) is 9.88 Å². The van der Waals surface area contributed by atoms with E-state index in [4.69, 9.17) is 18.4 Å². The van der Waals surface area contributed by atoms with Crippen LogP contribution in [0.1, 0.15) is 252 Å². The van der Waals surface area contributed by atoms with E-state index in [2.05, 4.69) is 20.8 Å². The number of rotatable bonds is 40. The van der Waals surface area contributed by atoms with Gasteiger partial charge in [0.2, 0.25) is 0 Å². The summed E-state index contributed by atoms with van der Waals surface area (Å²) >= 11 is -10.3. The molecular formula is C53H90O12Sn2.